The van der Waals surface area contributed by atoms with Crippen LogP contribution in [0.4, 0.5) is 5.69 Å². The molecule has 1 atom stereocenters. The van der Waals surface area contributed by atoms with Crippen molar-refractivity contribution in [3.8, 4) is 5.75 Å². The Balaban J connectivity index is 1.66. The Bertz CT molecular complexity index is 1160. The quantitative estimate of drug-likeness (QED) is 0.398. The van der Waals surface area contributed by atoms with Gasteiger partial charge in [-0.05, 0) is 43.0 Å². The summed E-state index contributed by atoms with van der Waals surface area (Å²) in [6.45, 7) is 1.84. The van der Waals surface area contributed by atoms with Gasteiger partial charge in [0, 0.05) is 41.4 Å². The van der Waals surface area contributed by atoms with Crippen LogP contribution < -0.4 is 10.1 Å². The van der Waals surface area contributed by atoms with E-state index in [1.807, 2.05) is 12.1 Å². The van der Waals surface area contributed by atoms with E-state index in [1.165, 1.54) is 12.1 Å². The van der Waals surface area contributed by atoms with Crippen molar-refractivity contribution in [2.75, 3.05) is 7.11 Å². The number of Topliss-reactive ketones (excluding diaryl/α,β-unsaturated/α-hetero) is 1. The molecule has 2 aromatic carbocycles. The third kappa shape index (κ3) is 4.50. The summed E-state index contributed by atoms with van der Waals surface area (Å²) in [7, 11) is 1.58. The number of esters is 1. The number of allylic oxidation sites excluding steroid dienone is 3. The number of ether oxygens (including phenoxy) is 2. The maximum absolute atomic E-state index is 13.3. The molecule has 1 N–H and O–H groups in total. The van der Waals surface area contributed by atoms with Crippen molar-refractivity contribution in [3.63, 3.8) is 0 Å². The number of benzene rings is 2. The number of nitrogens with zero attached hydrogens (tertiary/aromatic N) is 1. The molecule has 33 heavy (non-hydrogen) atoms. The lowest BCUT2D eigenvalue weighted by atomic mass is 9.75. The van der Waals surface area contributed by atoms with E-state index in [2.05, 4.69) is 5.32 Å². The summed E-state index contributed by atoms with van der Waals surface area (Å²) in [5.41, 5.74) is 3.68. The Hall–Kier alpha value is -3.94. The third-order valence-electron chi connectivity index (χ3n) is 5.96. The topological polar surface area (TPSA) is 108 Å². The second-order valence-corrected chi connectivity index (χ2v) is 8.04. The summed E-state index contributed by atoms with van der Waals surface area (Å²) in [6, 6.07) is 13.2. The molecule has 0 saturated heterocycles. The molecule has 2 aliphatic rings. The molecular weight excluding hydrogens is 424 g/mol. The predicted octanol–water partition coefficient (Wildman–Crippen LogP) is 4.31. The van der Waals surface area contributed by atoms with Gasteiger partial charge in [0.25, 0.3) is 5.69 Å². The Morgan fingerprint density at radius 1 is 1.12 bits per heavy atom. The van der Waals surface area contributed by atoms with Crippen LogP contribution in [-0.4, -0.2) is 23.8 Å². The molecule has 0 amide bonds. The van der Waals surface area contributed by atoms with Crippen LogP contribution in [0.3, 0.4) is 0 Å². The zero-order valence-corrected chi connectivity index (χ0v) is 18.4. The highest BCUT2D eigenvalue weighted by Crippen LogP contribution is 2.42. The second kappa shape index (κ2) is 9.28. The van der Waals surface area contributed by atoms with E-state index in [4.69, 9.17) is 9.47 Å². The van der Waals surface area contributed by atoms with Gasteiger partial charge in [0.2, 0.25) is 0 Å². The zero-order valence-electron chi connectivity index (χ0n) is 18.4. The number of carbonyl (C=O) groups is 2. The van der Waals surface area contributed by atoms with E-state index in [1.54, 1.807) is 38.3 Å². The van der Waals surface area contributed by atoms with Crippen LogP contribution in [0, 0.1) is 10.1 Å². The first-order valence-corrected chi connectivity index (χ1v) is 10.7. The van der Waals surface area contributed by atoms with Crippen molar-refractivity contribution in [2.24, 2.45) is 0 Å². The van der Waals surface area contributed by atoms with Gasteiger partial charge in [-0.2, -0.15) is 0 Å². The van der Waals surface area contributed by atoms with Gasteiger partial charge >= 0.3 is 5.97 Å². The fourth-order valence-corrected chi connectivity index (χ4v) is 4.32. The molecule has 8 nitrogen and oxygen atoms in total. The number of hydrogen-bond donors (Lipinski definition) is 1. The minimum Gasteiger partial charge on any atom is -0.497 e. The van der Waals surface area contributed by atoms with Gasteiger partial charge in [0.15, 0.2) is 5.78 Å². The van der Waals surface area contributed by atoms with Crippen LogP contribution >= 0.6 is 0 Å². The van der Waals surface area contributed by atoms with Crippen LogP contribution in [0.5, 0.6) is 5.75 Å². The Labute approximate surface area is 191 Å². The van der Waals surface area contributed by atoms with E-state index in [9.17, 15) is 19.7 Å². The molecular formula is C25H24N2O6. The van der Waals surface area contributed by atoms with Crippen molar-refractivity contribution in [2.45, 2.75) is 38.7 Å². The number of rotatable bonds is 6. The molecule has 0 aromatic heterocycles. The first kappa shape index (κ1) is 22.3. The number of methoxy groups -OCH3 is 1. The molecule has 0 fully saturated rings. The average molecular weight is 448 g/mol. The summed E-state index contributed by atoms with van der Waals surface area (Å²) in [6.07, 6.45) is 1.84. The molecule has 8 heteroatoms. The number of dihydropyridines is 1. The molecule has 1 unspecified atom stereocenters. The van der Waals surface area contributed by atoms with Gasteiger partial charge in [-0.3, -0.25) is 14.9 Å². The molecule has 0 radical (unpaired) electrons. The van der Waals surface area contributed by atoms with Crippen LogP contribution in [0.25, 0.3) is 0 Å². The summed E-state index contributed by atoms with van der Waals surface area (Å²) in [5.74, 6) is -0.504. The highest BCUT2D eigenvalue weighted by atomic mass is 16.6. The Morgan fingerprint density at radius 3 is 2.45 bits per heavy atom. The second-order valence-electron chi connectivity index (χ2n) is 8.04. The maximum Gasteiger partial charge on any atom is 0.337 e. The largest absolute Gasteiger partial charge is 0.497 e. The Kier molecular flexibility index (Phi) is 6.26. The summed E-state index contributed by atoms with van der Waals surface area (Å²) >= 11 is 0. The van der Waals surface area contributed by atoms with Gasteiger partial charge in [-0.25, -0.2) is 4.79 Å². The smallest absolute Gasteiger partial charge is 0.337 e. The van der Waals surface area contributed by atoms with E-state index >= 15 is 0 Å². The van der Waals surface area contributed by atoms with E-state index < -0.39 is 16.8 Å². The van der Waals surface area contributed by atoms with Gasteiger partial charge in [0.05, 0.1) is 17.6 Å². The lowest BCUT2D eigenvalue weighted by Crippen LogP contribution is -2.34. The first-order chi connectivity index (χ1) is 15.9. The summed E-state index contributed by atoms with van der Waals surface area (Å²) in [5, 5.41) is 14.3. The standard InChI is InChI=1S/C25H24N2O6/c1-15-22(25(29)33-14-16-6-12-19(32-2)13-7-16)23(17-8-10-18(11-9-17)27(30)31)24-20(26-15)4-3-5-21(24)28/h6-13,23,26H,3-5,14H2,1-2H3. The molecule has 1 heterocycles. The van der Waals surface area contributed by atoms with Crippen LogP contribution in [-0.2, 0) is 20.9 Å². The van der Waals surface area contributed by atoms with E-state index in [0.29, 0.717) is 41.0 Å². The molecule has 0 spiro atoms. The number of nitrogens with one attached hydrogen (secondary N) is 1. The van der Waals surface area contributed by atoms with E-state index in [-0.39, 0.29) is 18.1 Å². The van der Waals surface area contributed by atoms with Gasteiger partial charge in [-0.1, -0.05) is 24.3 Å². The van der Waals surface area contributed by atoms with E-state index in [0.717, 1.165) is 17.7 Å². The molecule has 0 saturated carbocycles. The molecule has 170 valence electrons. The van der Waals surface area contributed by atoms with Crippen LogP contribution in [0.2, 0.25) is 0 Å². The number of ketones is 1. The lowest BCUT2D eigenvalue weighted by Gasteiger charge is -2.34. The van der Waals surface area contributed by atoms with Crippen molar-refractivity contribution in [3.05, 3.63) is 92.3 Å². The minimum atomic E-state index is -0.641. The first-order valence-electron chi connectivity index (χ1n) is 10.7. The summed E-state index contributed by atoms with van der Waals surface area (Å²) < 4.78 is 10.8. The van der Waals surface area contributed by atoms with Gasteiger partial charge in [-0.15, -0.1) is 0 Å². The third-order valence-corrected chi connectivity index (χ3v) is 5.96. The number of hydrogen-bond acceptors (Lipinski definition) is 7. The van der Waals surface area contributed by atoms with Crippen LogP contribution in [0.1, 0.15) is 43.2 Å². The van der Waals surface area contributed by atoms with Gasteiger partial charge in [0.1, 0.15) is 12.4 Å². The lowest BCUT2D eigenvalue weighted by molar-refractivity contribution is -0.384. The highest BCUT2D eigenvalue weighted by molar-refractivity contribution is 6.03. The molecule has 1 aliphatic heterocycles. The SMILES string of the molecule is COc1ccc(COC(=O)C2=C(C)NC3=C(C(=O)CCC3)C2c2ccc([N+](=O)[O-])cc2)cc1. The zero-order chi connectivity index (χ0) is 23.5. The average Bonchev–Trinajstić information content (AvgIpc) is 2.82. The predicted molar refractivity (Wildman–Crippen MR) is 120 cm³/mol. The normalized spacial score (nSPS) is 17.9. The number of nitro benzene ring substituents is 1. The number of carbonyl (C=O) groups excluding carboxylic acids is 2. The summed E-state index contributed by atoms with van der Waals surface area (Å²) in [4.78, 5) is 36.8. The highest BCUT2D eigenvalue weighted by Gasteiger charge is 2.39. The molecule has 2 aromatic rings. The Morgan fingerprint density at radius 2 is 1.82 bits per heavy atom. The monoisotopic (exact) mass is 448 g/mol. The number of nitro groups is 1. The van der Waals surface area contributed by atoms with Crippen molar-refractivity contribution in [1.82, 2.24) is 5.32 Å². The number of non-ortho nitro benzene ring substituents is 1. The van der Waals surface area contributed by atoms with Crippen LogP contribution in [0.15, 0.2) is 71.1 Å². The van der Waals surface area contributed by atoms with Crippen molar-refractivity contribution < 1.29 is 24.0 Å². The fourth-order valence-electron chi connectivity index (χ4n) is 4.32. The molecule has 0 bridgehead atoms. The molecule has 4 rings (SSSR count). The van der Waals surface area contributed by atoms with Gasteiger partial charge < -0.3 is 14.8 Å². The maximum atomic E-state index is 13.3. The minimum absolute atomic E-state index is 0.0277. The molecule has 1 aliphatic carbocycles. The van der Waals surface area contributed by atoms with Crippen molar-refractivity contribution in [1.29, 1.82) is 0 Å². The fraction of sp³-hybridized carbons (Fsp3) is 0.280. The van der Waals surface area contributed by atoms with Crippen molar-refractivity contribution >= 4 is 17.4 Å².